The first-order valence-corrected chi connectivity index (χ1v) is 8.52. The van der Waals surface area contributed by atoms with Gasteiger partial charge in [-0.1, -0.05) is 37.8 Å². The molecule has 0 bridgehead atoms. The molecular formula is C12H14O2Si. The van der Waals surface area contributed by atoms with E-state index >= 15 is 0 Å². The van der Waals surface area contributed by atoms with Gasteiger partial charge in [-0.15, -0.1) is 0 Å². The lowest BCUT2D eigenvalue weighted by molar-refractivity contribution is 0.562. The average Bonchev–Trinajstić information content (AvgIpc) is 2.15. The van der Waals surface area contributed by atoms with E-state index in [1.807, 2.05) is 24.3 Å². The summed E-state index contributed by atoms with van der Waals surface area (Å²) < 4.78 is 5.16. The molecule has 1 aromatic carbocycles. The van der Waals surface area contributed by atoms with Crippen LogP contribution in [0.2, 0.25) is 19.6 Å². The molecule has 0 saturated carbocycles. The second-order valence-corrected chi connectivity index (χ2v) is 9.76. The monoisotopic (exact) mass is 218 g/mol. The van der Waals surface area contributed by atoms with E-state index in [0.717, 1.165) is 5.39 Å². The topological polar surface area (TPSA) is 30.2 Å². The molecule has 0 N–H and O–H groups in total. The van der Waals surface area contributed by atoms with Gasteiger partial charge in [0.05, 0.1) is 8.07 Å². The van der Waals surface area contributed by atoms with Crippen molar-refractivity contribution in [2.75, 3.05) is 0 Å². The highest BCUT2D eigenvalue weighted by molar-refractivity contribution is 6.90. The van der Waals surface area contributed by atoms with Crippen LogP contribution in [0.5, 0.6) is 0 Å². The Bertz CT molecular complexity index is 549. The number of para-hydroxylation sites is 1. The second-order valence-electron chi connectivity index (χ2n) is 4.73. The van der Waals surface area contributed by atoms with E-state index in [4.69, 9.17) is 4.42 Å². The molecule has 0 saturated heterocycles. The zero-order valence-electron chi connectivity index (χ0n) is 9.20. The van der Waals surface area contributed by atoms with Crippen molar-refractivity contribution in [3.63, 3.8) is 0 Å². The van der Waals surface area contributed by atoms with Crippen molar-refractivity contribution in [3.8, 4) is 0 Å². The van der Waals surface area contributed by atoms with Gasteiger partial charge in [0.25, 0.3) is 0 Å². The molecule has 1 aromatic heterocycles. The van der Waals surface area contributed by atoms with Crippen LogP contribution in [0.15, 0.2) is 39.5 Å². The molecule has 0 aliphatic rings. The van der Waals surface area contributed by atoms with Gasteiger partial charge in [0.1, 0.15) is 5.58 Å². The quantitative estimate of drug-likeness (QED) is 0.543. The number of benzene rings is 1. The van der Waals surface area contributed by atoms with Crippen molar-refractivity contribution in [1.29, 1.82) is 0 Å². The molecular weight excluding hydrogens is 204 g/mol. The van der Waals surface area contributed by atoms with Crippen LogP contribution in [0.1, 0.15) is 0 Å². The van der Waals surface area contributed by atoms with Gasteiger partial charge >= 0.3 is 5.63 Å². The summed E-state index contributed by atoms with van der Waals surface area (Å²) in [5.74, 6) is 0. The normalized spacial score (nSPS) is 11.9. The summed E-state index contributed by atoms with van der Waals surface area (Å²) in [6, 6.07) is 9.38. The number of hydrogen-bond acceptors (Lipinski definition) is 2. The molecule has 78 valence electrons. The Labute approximate surface area is 89.6 Å². The minimum Gasteiger partial charge on any atom is -0.423 e. The van der Waals surface area contributed by atoms with Crippen LogP contribution in [0.4, 0.5) is 0 Å². The lowest BCUT2D eigenvalue weighted by Gasteiger charge is -2.17. The first-order chi connectivity index (χ1) is 6.98. The van der Waals surface area contributed by atoms with E-state index in [0.29, 0.717) is 5.58 Å². The first kappa shape index (κ1) is 10.2. The van der Waals surface area contributed by atoms with Crippen LogP contribution in [0.25, 0.3) is 11.0 Å². The molecule has 0 unspecified atom stereocenters. The Balaban J connectivity index is 2.89. The third-order valence-electron chi connectivity index (χ3n) is 2.46. The van der Waals surface area contributed by atoms with Crippen LogP contribution >= 0.6 is 0 Å². The van der Waals surface area contributed by atoms with Crippen LogP contribution < -0.4 is 10.8 Å². The molecule has 0 fully saturated rings. The lowest BCUT2D eigenvalue weighted by Crippen LogP contribution is -2.39. The largest absolute Gasteiger partial charge is 0.423 e. The predicted molar refractivity (Wildman–Crippen MR) is 65.5 cm³/mol. The summed E-state index contributed by atoms with van der Waals surface area (Å²) in [4.78, 5) is 11.4. The lowest BCUT2D eigenvalue weighted by atomic mass is 10.2. The van der Waals surface area contributed by atoms with Gasteiger partial charge in [-0.25, -0.2) is 4.79 Å². The van der Waals surface area contributed by atoms with Gasteiger partial charge in [-0.2, -0.15) is 0 Å². The van der Waals surface area contributed by atoms with Crippen molar-refractivity contribution in [2.24, 2.45) is 0 Å². The van der Waals surface area contributed by atoms with Crippen LogP contribution in [-0.4, -0.2) is 8.07 Å². The highest BCUT2D eigenvalue weighted by Gasteiger charge is 2.20. The van der Waals surface area contributed by atoms with E-state index in [9.17, 15) is 4.79 Å². The van der Waals surface area contributed by atoms with Crippen molar-refractivity contribution in [3.05, 3.63) is 40.8 Å². The zero-order chi connectivity index (χ0) is 11.1. The SMILES string of the molecule is C[Si](C)(C)c1cc(=O)oc2ccccc12. The summed E-state index contributed by atoms with van der Waals surface area (Å²) in [6.07, 6.45) is 0. The van der Waals surface area contributed by atoms with Crippen molar-refractivity contribution < 1.29 is 4.42 Å². The Morgan fingerprint density at radius 2 is 1.80 bits per heavy atom. The molecule has 2 aromatic rings. The summed E-state index contributed by atoms with van der Waals surface area (Å²) in [6.45, 7) is 6.69. The predicted octanol–water partition coefficient (Wildman–Crippen LogP) is 2.34. The molecule has 1 heterocycles. The van der Waals surface area contributed by atoms with Crippen LogP contribution in [0.3, 0.4) is 0 Å². The Morgan fingerprint density at radius 1 is 1.13 bits per heavy atom. The molecule has 0 atom stereocenters. The Kier molecular flexibility index (Phi) is 2.27. The number of rotatable bonds is 1. The molecule has 2 rings (SSSR count). The van der Waals surface area contributed by atoms with Crippen molar-refractivity contribution >= 4 is 24.2 Å². The van der Waals surface area contributed by atoms with E-state index in [-0.39, 0.29) is 5.63 Å². The van der Waals surface area contributed by atoms with Crippen LogP contribution in [-0.2, 0) is 0 Å². The number of hydrogen-bond donors (Lipinski definition) is 0. The Hall–Kier alpha value is -1.35. The highest BCUT2D eigenvalue weighted by Crippen LogP contribution is 2.13. The van der Waals surface area contributed by atoms with Gasteiger partial charge in [0.15, 0.2) is 0 Å². The molecule has 0 aliphatic carbocycles. The standard InChI is InChI=1S/C12H14O2Si/c1-15(2,3)11-8-12(13)14-10-7-5-4-6-9(10)11/h4-8H,1-3H3. The molecule has 2 nitrogen and oxygen atoms in total. The fourth-order valence-corrected chi connectivity index (χ4v) is 3.30. The van der Waals surface area contributed by atoms with Crippen molar-refractivity contribution in [2.45, 2.75) is 19.6 Å². The maximum absolute atomic E-state index is 11.4. The summed E-state index contributed by atoms with van der Waals surface area (Å²) in [7, 11) is -1.49. The van der Waals surface area contributed by atoms with Crippen molar-refractivity contribution in [1.82, 2.24) is 0 Å². The summed E-state index contributed by atoms with van der Waals surface area (Å²) >= 11 is 0. The van der Waals surface area contributed by atoms with Gasteiger partial charge in [-0.3, -0.25) is 0 Å². The van der Waals surface area contributed by atoms with Gasteiger partial charge in [-0.05, 0) is 11.3 Å². The third-order valence-corrected chi connectivity index (χ3v) is 4.49. The summed E-state index contributed by atoms with van der Waals surface area (Å²) in [5, 5.41) is 2.26. The van der Waals surface area contributed by atoms with E-state index < -0.39 is 8.07 Å². The van der Waals surface area contributed by atoms with Gasteiger partial charge in [0, 0.05) is 11.5 Å². The molecule has 15 heavy (non-hydrogen) atoms. The van der Waals surface area contributed by atoms with Gasteiger partial charge < -0.3 is 4.42 Å². The fourth-order valence-electron chi connectivity index (χ4n) is 1.73. The highest BCUT2D eigenvalue weighted by atomic mass is 28.3. The molecule has 3 heteroatoms. The molecule has 0 radical (unpaired) electrons. The minimum absolute atomic E-state index is 0.244. The van der Waals surface area contributed by atoms with Crippen LogP contribution in [0, 0.1) is 0 Å². The maximum atomic E-state index is 11.4. The third kappa shape index (κ3) is 1.88. The fraction of sp³-hybridized carbons (Fsp3) is 0.250. The Morgan fingerprint density at radius 3 is 2.47 bits per heavy atom. The molecule has 0 spiro atoms. The van der Waals surface area contributed by atoms with E-state index in [1.165, 1.54) is 5.19 Å². The maximum Gasteiger partial charge on any atom is 0.336 e. The average molecular weight is 218 g/mol. The van der Waals surface area contributed by atoms with E-state index in [2.05, 4.69) is 19.6 Å². The first-order valence-electron chi connectivity index (χ1n) is 5.02. The second kappa shape index (κ2) is 3.34. The number of fused-ring (bicyclic) bond motifs is 1. The zero-order valence-corrected chi connectivity index (χ0v) is 10.2. The summed E-state index contributed by atoms with van der Waals surface area (Å²) in [5.41, 5.74) is 0.452. The van der Waals surface area contributed by atoms with E-state index in [1.54, 1.807) is 6.07 Å². The molecule has 0 aliphatic heterocycles. The molecule has 0 amide bonds. The smallest absolute Gasteiger partial charge is 0.336 e. The minimum atomic E-state index is -1.49. The van der Waals surface area contributed by atoms with Gasteiger partial charge in [0.2, 0.25) is 0 Å².